The Hall–Kier alpha value is 1.40. The topological polar surface area (TPSA) is 0 Å². The Labute approximate surface area is 108 Å². The van der Waals surface area contributed by atoms with Gasteiger partial charge in [0.1, 0.15) is 0 Å². The van der Waals surface area contributed by atoms with Crippen LogP contribution in [-0.2, 0) is 52.1 Å². The quantitative estimate of drug-likeness (QED) is 0.597. The van der Waals surface area contributed by atoms with Gasteiger partial charge in [-0.05, 0) is 0 Å². The third-order valence-electron chi connectivity index (χ3n) is 0.891. The van der Waals surface area contributed by atoms with Gasteiger partial charge in [-0.2, -0.15) is 0 Å². The summed E-state index contributed by atoms with van der Waals surface area (Å²) in [4.78, 5) is 0. The average molecular weight is 398 g/mol. The minimum Gasteiger partial charge on any atom is 0 e. The van der Waals surface area contributed by atoms with Crippen LogP contribution in [0.2, 0.25) is 0 Å². The van der Waals surface area contributed by atoms with E-state index in [1.807, 2.05) is 13.8 Å². The SMILES string of the molecule is CC.[CH-]=C[C](=[W])C(C)(C)C.[Y]. The molecule has 0 heterocycles. The molecule has 0 amide bonds. The molecule has 0 atom stereocenters. The first-order valence-corrected chi connectivity index (χ1v) is 5.04. The molecular weight excluding hydrogens is 381 g/mol. The maximum absolute atomic E-state index is 5.32. The Balaban J connectivity index is -0.000000196. The molecule has 0 aromatic carbocycles. The molecule has 0 spiro atoms. The molecule has 63 valence electrons. The molecule has 11 heavy (non-hydrogen) atoms. The average Bonchev–Trinajstić information content (AvgIpc) is 1.89. The van der Waals surface area contributed by atoms with Gasteiger partial charge in [-0.1, -0.05) is 13.8 Å². The molecule has 0 aromatic heterocycles. The van der Waals surface area contributed by atoms with Gasteiger partial charge in [0.2, 0.25) is 0 Å². The van der Waals surface area contributed by atoms with Crippen molar-refractivity contribution >= 4 is 3.90 Å². The Morgan fingerprint density at radius 3 is 1.55 bits per heavy atom. The number of rotatable bonds is 1. The summed E-state index contributed by atoms with van der Waals surface area (Å²) >= 11 is 1.47. The first-order valence-electron chi connectivity index (χ1n) is 3.58. The molecule has 0 aromatic rings. The van der Waals surface area contributed by atoms with Crippen molar-refractivity contribution in [2.24, 2.45) is 5.41 Å². The molecule has 0 saturated heterocycles. The van der Waals surface area contributed by atoms with Crippen molar-refractivity contribution in [3.05, 3.63) is 12.7 Å². The zero-order chi connectivity index (χ0) is 8.78. The van der Waals surface area contributed by atoms with Gasteiger partial charge < -0.3 is 0 Å². The summed E-state index contributed by atoms with van der Waals surface area (Å²) < 4.78 is 1.32. The molecule has 2 heteroatoms. The minimum absolute atomic E-state index is 0. The van der Waals surface area contributed by atoms with Gasteiger partial charge in [0, 0.05) is 32.7 Å². The summed E-state index contributed by atoms with van der Waals surface area (Å²) in [5.74, 6) is 0. The van der Waals surface area contributed by atoms with Crippen molar-refractivity contribution < 1.29 is 52.1 Å². The number of allylic oxidation sites excluding steroid dienone is 1. The van der Waals surface area contributed by atoms with E-state index in [1.54, 1.807) is 6.08 Å². The molecule has 0 aliphatic heterocycles. The molecule has 1 radical (unpaired) electrons. The maximum atomic E-state index is 5.32. The third kappa shape index (κ3) is 11.4. The van der Waals surface area contributed by atoms with Gasteiger partial charge in [0.15, 0.2) is 0 Å². The van der Waals surface area contributed by atoms with E-state index < -0.39 is 0 Å². The molecule has 0 fully saturated rings. The van der Waals surface area contributed by atoms with E-state index in [1.165, 1.54) is 23.3 Å². The summed E-state index contributed by atoms with van der Waals surface area (Å²) in [6, 6.07) is 0. The predicted octanol–water partition coefficient (Wildman–Crippen LogP) is 2.76. The summed E-state index contributed by atoms with van der Waals surface area (Å²) in [6.45, 7) is 15.8. The largest absolute Gasteiger partial charge is 0 e. The monoisotopic (exact) mass is 398 g/mol. The van der Waals surface area contributed by atoms with Gasteiger partial charge >= 0.3 is 62.1 Å². The fourth-order valence-electron chi connectivity index (χ4n) is 0.250. The number of hydrogen-bond acceptors (Lipinski definition) is 0. The van der Waals surface area contributed by atoms with Gasteiger partial charge in [-0.3, -0.25) is 0 Å². The molecular formula is C9H17WY-. The summed E-state index contributed by atoms with van der Waals surface area (Å²) in [5.41, 5.74) is 0.282. The first-order chi connectivity index (χ1) is 4.48. The van der Waals surface area contributed by atoms with Gasteiger partial charge in [-0.15, -0.1) is 0 Å². The van der Waals surface area contributed by atoms with E-state index >= 15 is 0 Å². The molecule has 0 nitrogen and oxygen atoms in total. The van der Waals surface area contributed by atoms with Crippen LogP contribution in [-0.4, -0.2) is 3.90 Å². The van der Waals surface area contributed by atoms with Crippen molar-refractivity contribution in [2.75, 3.05) is 0 Å². The van der Waals surface area contributed by atoms with Crippen molar-refractivity contribution in [2.45, 2.75) is 34.6 Å². The smallest absolute Gasteiger partial charge is 0 e. The molecule has 0 aliphatic carbocycles. The van der Waals surface area contributed by atoms with Gasteiger partial charge in [0.05, 0.1) is 0 Å². The minimum atomic E-state index is 0. The van der Waals surface area contributed by atoms with Gasteiger partial charge in [0.25, 0.3) is 0 Å². The Morgan fingerprint density at radius 1 is 1.27 bits per heavy atom. The number of hydrogen-bond donors (Lipinski definition) is 0. The summed E-state index contributed by atoms with van der Waals surface area (Å²) in [5, 5.41) is 0. The first kappa shape index (κ1) is 18.2. The second-order valence-electron chi connectivity index (χ2n) is 2.78. The van der Waals surface area contributed by atoms with Crippen molar-refractivity contribution in [3.8, 4) is 0 Å². The van der Waals surface area contributed by atoms with Crippen molar-refractivity contribution in [1.82, 2.24) is 0 Å². The van der Waals surface area contributed by atoms with E-state index in [-0.39, 0.29) is 38.1 Å². The van der Waals surface area contributed by atoms with Crippen LogP contribution >= 0.6 is 0 Å². The van der Waals surface area contributed by atoms with Crippen LogP contribution in [0.5, 0.6) is 0 Å². The Morgan fingerprint density at radius 2 is 1.55 bits per heavy atom. The van der Waals surface area contributed by atoms with E-state index in [4.69, 9.17) is 6.58 Å². The normalized spacial score (nSPS) is 8.45. The fraction of sp³-hybridized carbons (Fsp3) is 0.667. The molecule has 0 saturated carbocycles. The van der Waals surface area contributed by atoms with E-state index in [9.17, 15) is 0 Å². The second-order valence-corrected chi connectivity index (χ2v) is 4.36. The van der Waals surface area contributed by atoms with E-state index in [2.05, 4.69) is 20.8 Å². The molecule has 0 bridgehead atoms. The molecule has 0 rings (SSSR count). The Kier molecular flexibility index (Phi) is 15.7. The van der Waals surface area contributed by atoms with Crippen molar-refractivity contribution in [3.63, 3.8) is 0 Å². The molecule has 0 aliphatic rings. The van der Waals surface area contributed by atoms with Crippen LogP contribution in [0, 0.1) is 12.0 Å². The van der Waals surface area contributed by atoms with E-state index in [0.29, 0.717) is 0 Å². The van der Waals surface area contributed by atoms with E-state index in [0.717, 1.165) is 0 Å². The molecule has 0 N–H and O–H groups in total. The Bertz CT molecular complexity index is 111. The fourth-order valence-corrected chi connectivity index (χ4v) is 0.250. The van der Waals surface area contributed by atoms with Crippen LogP contribution in [0.15, 0.2) is 6.08 Å². The van der Waals surface area contributed by atoms with Crippen molar-refractivity contribution in [1.29, 1.82) is 0 Å². The van der Waals surface area contributed by atoms with Crippen LogP contribution in [0.1, 0.15) is 34.6 Å². The van der Waals surface area contributed by atoms with Crippen LogP contribution in [0.3, 0.4) is 0 Å². The zero-order valence-electron chi connectivity index (χ0n) is 8.14. The van der Waals surface area contributed by atoms with Gasteiger partial charge in [-0.25, -0.2) is 0 Å². The molecule has 0 unspecified atom stereocenters. The second kappa shape index (κ2) is 9.49. The predicted molar refractivity (Wildman–Crippen MR) is 44.7 cm³/mol. The van der Waals surface area contributed by atoms with Crippen LogP contribution < -0.4 is 0 Å². The summed E-state index contributed by atoms with van der Waals surface area (Å²) in [7, 11) is 0. The van der Waals surface area contributed by atoms with Crippen LogP contribution in [0.25, 0.3) is 0 Å². The van der Waals surface area contributed by atoms with Crippen LogP contribution in [0.4, 0.5) is 0 Å². The third-order valence-corrected chi connectivity index (χ3v) is 3.58. The zero-order valence-corrected chi connectivity index (χ0v) is 13.9. The maximum Gasteiger partial charge on any atom is 0 e. The summed E-state index contributed by atoms with van der Waals surface area (Å²) in [6.07, 6.45) is 1.70. The standard InChI is InChI=1S/C7H11.C2H6.W.Y/c1-5-6-7(2,3)4;1-2;;/h1,5H,2-4H3;1-2H3;;/q-1;;;.